The van der Waals surface area contributed by atoms with Gasteiger partial charge < -0.3 is 5.32 Å². The molecule has 0 saturated heterocycles. The fraction of sp³-hybridized carbons (Fsp3) is 0.0667. The molecular formula is C15H10Cl2FN5OS. The van der Waals surface area contributed by atoms with E-state index in [9.17, 15) is 9.18 Å². The van der Waals surface area contributed by atoms with Crippen LogP contribution in [-0.2, 0) is 4.79 Å². The Balaban J connectivity index is 1.65. The Morgan fingerprint density at radius 3 is 2.68 bits per heavy atom. The van der Waals surface area contributed by atoms with Crippen LogP contribution in [0.2, 0.25) is 10.0 Å². The Morgan fingerprint density at radius 2 is 1.96 bits per heavy atom. The SMILES string of the molecule is O=C(CSc1nnnn1-c1ccc(Cl)cc1)Nc1ccc(F)cc1Cl. The average Bonchev–Trinajstić information content (AvgIpc) is 3.05. The van der Waals surface area contributed by atoms with Crippen LogP contribution in [0.4, 0.5) is 10.1 Å². The molecule has 1 N–H and O–H groups in total. The zero-order valence-corrected chi connectivity index (χ0v) is 14.8. The van der Waals surface area contributed by atoms with Crippen LogP contribution in [-0.4, -0.2) is 31.9 Å². The number of hydrogen-bond acceptors (Lipinski definition) is 5. The first kappa shape index (κ1) is 17.7. The molecule has 0 bridgehead atoms. The van der Waals surface area contributed by atoms with Crippen molar-refractivity contribution in [2.75, 3.05) is 11.1 Å². The van der Waals surface area contributed by atoms with Gasteiger partial charge in [0.05, 0.1) is 22.2 Å². The van der Waals surface area contributed by atoms with E-state index in [0.29, 0.717) is 15.9 Å². The summed E-state index contributed by atoms with van der Waals surface area (Å²) >= 11 is 12.9. The molecule has 0 aliphatic carbocycles. The van der Waals surface area contributed by atoms with Crippen molar-refractivity contribution in [3.05, 3.63) is 58.3 Å². The van der Waals surface area contributed by atoms with Crippen LogP contribution in [0.3, 0.4) is 0 Å². The number of carbonyl (C=O) groups is 1. The van der Waals surface area contributed by atoms with Gasteiger partial charge >= 0.3 is 0 Å². The lowest BCUT2D eigenvalue weighted by Crippen LogP contribution is -2.15. The van der Waals surface area contributed by atoms with Crippen LogP contribution < -0.4 is 5.32 Å². The number of anilines is 1. The maximum atomic E-state index is 13.0. The first-order chi connectivity index (χ1) is 12.0. The summed E-state index contributed by atoms with van der Waals surface area (Å²) in [7, 11) is 0. The normalized spacial score (nSPS) is 10.7. The molecule has 0 aliphatic heterocycles. The largest absolute Gasteiger partial charge is 0.324 e. The van der Waals surface area contributed by atoms with Crippen molar-refractivity contribution < 1.29 is 9.18 Å². The van der Waals surface area contributed by atoms with Gasteiger partial charge in [0.15, 0.2) is 0 Å². The molecule has 0 aliphatic rings. The van der Waals surface area contributed by atoms with Gasteiger partial charge in [-0.25, -0.2) is 4.39 Å². The average molecular weight is 398 g/mol. The second kappa shape index (κ2) is 7.81. The van der Waals surface area contributed by atoms with E-state index in [0.717, 1.165) is 23.5 Å². The van der Waals surface area contributed by atoms with Gasteiger partial charge in [-0.1, -0.05) is 35.0 Å². The van der Waals surface area contributed by atoms with Crippen molar-refractivity contribution in [1.29, 1.82) is 0 Å². The Morgan fingerprint density at radius 1 is 1.20 bits per heavy atom. The Bertz CT molecular complexity index is 903. The van der Waals surface area contributed by atoms with Crippen molar-refractivity contribution in [2.24, 2.45) is 0 Å². The molecule has 0 unspecified atom stereocenters. The van der Waals surface area contributed by atoms with Crippen molar-refractivity contribution in [3.8, 4) is 5.69 Å². The number of nitrogens with one attached hydrogen (secondary N) is 1. The Hall–Kier alpha value is -2.16. The van der Waals surface area contributed by atoms with Gasteiger partial charge in [-0.05, 0) is 52.9 Å². The van der Waals surface area contributed by atoms with Crippen LogP contribution >= 0.6 is 35.0 Å². The molecule has 1 amide bonds. The van der Waals surface area contributed by atoms with E-state index in [1.165, 1.54) is 16.8 Å². The van der Waals surface area contributed by atoms with E-state index in [1.54, 1.807) is 24.3 Å². The lowest BCUT2D eigenvalue weighted by molar-refractivity contribution is -0.113. The first-order valence-corrected chi connectivity index (χ1v) is 8.69. The van der Waals surface area contributed by atoms with Crippen LogP contribution in [0.25, 0.3) is 5.69 Å². The van der Waals surface area contributed by atoms with Crippen molar-refractivity contribution >= 4 is 46.6 Å². The predicted octanol–water partition coefficient (Wildman–Crippen LogP) is 3.84. The number of amides is 1. The minimum Gasteiger partial charge on any atom is -0.324 e. The van der Waals surface area contributed by atoms with E-state index in [4.69, 9.17) is 23.2 Å². The molecule has 3 rings (SSSR count). The number of nitrogens with zero attached hydrogens (tertiary/aromatic N) is 4. The number of aromatic nitrogens is 4. The highest BCUT2D eigenvalue weighted by molar-refractivity contribution is 7.99. The van der Waals surface area contributed by atoms with Gasteiger partial charge in [0.25, 0.3) is 0 Å². The maximum Gasteiger partial charge on any atom is 0.234 e. The van der Waals surface area contributed by atoms with E-state index in [2.05, 4.69) is 20.8 Å². The Kier molecular flexibility index (Phi) is 5.52. The summed E-state index contributed by atoms with van der Waals surface area (Å²) in [6.07, 6.45) is 0. The fourth-order valence-electron chi connectivity index (χ4n) is 1.92. The number of thioether (sulfide) groups is 1. The molecule has 2 aromatic carbocycles. The Labute approximate surface area is 156 Å². The monoisotopic (exact) mass is 397 g/mol. The molecule has 10 heteroatoms. The number of benzene rings is 2. The molecule has 0 atom stereocenters. The van der Waals surface area contributed by atoms with E-state index in [-0.39, 0.29) is 16.7 Å². The number of rotatable bonds is 5. The number of carbonyl (C=O) groups excluding carboxylic acids is 1. The summed E-state index contributed by atoms with van der Waals surface area (Å²) < 4.78 is 14.5. The first-order valence-electron chi connectivity index (χ1n) is 6.95. The third-order valence-electron chi connectivity index (χ3n) is 3.05. The van der Waals surface area contributed by atoms with Crippen molar-refractivity contribution in [3.63, 3.8) is 0 Å². The smallest absolute Gasteiger partial charge is 0.234 e. The second-order valence-corrected chi connectivity index (χ2v) is 6.60. The summed E-state index contributed by atoms with van der Waals surface area (Å²) in [6, 6.07) is 10.7. The third kappa shape index (κ3) is 4.47. The topological polar surface area (TPSA) is 72.7 Å². The summed E-state index contributed by atoms with van der Waals surface area (Å²) in [5.41, 5.74) is 1.06. The minimum absolute atomic E-state index is 0.0572. The molecule has 128 valence electrons. The molecule has 0 fully saturated rings. The van der Waals surface area contributed by atoms with Crippen molar-refractivity contribution in [1.82, 2.24) is 20.2 Å². The van der Waals surface area contributed by atoms with Gasteiger partial charge in [0, 0.05) is 5.02 Å². The van der Waals surface area contributed by atoms with Gasteiger partial charge in [0.2, 0.25) is 11.1 Å². The molecule has 1 heterocycles. The highest BCUT2D eigenvalue weighted by Crippen LogP contribution is 2.24. The fourth-order valence-corrected chi connectivity index (χ4v) is 2.95. The highest BCUT2D eigenvalue weighted by Gasteiger charge is 2.13. The predicted molar refractivity (Wildman–Crippen MR) is 94.9 cm³/mol. The van der Waals surface area contributed by atoms with Gasteiger partial charge in [0.1, 0.15) is 5.82 Å². The zero-order valence-electron chi connectivity index (χ0n) is 12.5. The summed E-state index contributed by atoms with van der Waals surface area (Å²) in [6.45, 7) is 0. The van der Waals surface area contributed by atoms with Crippen molar-refractivity contribution in [2.45, 2.75) is 5.16 Å². The molecule has 3 aromatic rings. The highest BCUT2D eigenvalue weighted by atomic mass is 35.5. The molecule has 6 nitrogen and oxygen atoms in total. The van der Waals surface area contributed by atoms with Crippen LogP contribution in [0.5, 0.6) is 0 Å². The number of tetrazole rings is 1. The third-order valence-corrected chi connectivity index (χ3v) is 4.53. The van der Waals surface area contributed by atoms with E-state index >= 15 is 0 Å². The molecule has 0 saturated carbocycles. The van der Waals surface area contributed by atoms with Crippen LogP contribution in [0.1, 0.15) is 0 Å². The second-order valence-electron chi connectivity index (χ2n) is 4.81. The lowest BCUT2D eigenvalue weighted by atomic mass is 10.3. The minimum atomic E-state index is -0.473. The summed E-state index contributed by atoms with van der Waals surface area (Å²) in [5, 5.41) is 15.2. The molecule has 0 spiro atoms. The van der Waals surface area contributed by atoms with Crippen LogP contribution in [0, 0.1) is 5.82 Å². The van der Waals surface area contributed by atoms with E-state index < -0.39 is 5.82 Å². The number of hydrogen-bond donors (Lipinski definition) is 1. The molecule has 0 radical (unpaired) electrons. The van der Waals surface area contributed by atoms with E-state index in [1.807, 2.05) is 0 Å². The zero-order chi connectivity index (χ0) is 17.8. The summed E-state index contributed by atoms with van der Waals surface area (Å²) in [4.78, 5) is 12.1. The van der Waals surface area contributed by atoms with Gasteiger partial charge in [-0.2, -0.15) is 4.68 Å². The summed E-state index contributed by atoms with van der Waals surface area (Å²) in [5.74, 6) is -0.731. The van der Waals surface area contributed by atoms with Crippen LogP contribution in [0.15, 0.2) is 47.6 Å². The molecular weight excluding hydrogens is 388 g/mol. The maximum absolute atomic E-state index is 13.0. The molecule has 25 heavy (non-hydrogen) atoms. The quantitative estimate of drug-likeness (QED) is 0.662. The van der Waals surface area contributed by atoms with Gasteiger partial charge in [-0.15, -0.1) is 5.10 Å². The molecule has 1 aromatic heterocycles. The standard InChI is InChI=1S/C15H10Cl2FN5OS/c16-9-1-4-11(5-2-9)23-15(20-21-22-23)25-8-14(24)19-13-6-3-10(18)7-12(13)17/h1-7H,8H2,(H,19,24). The lowest BCUT2D eigenvalue weighted by Gasteiger charge is -2.07. The number of halogens is 3. The van der Waals surface area contributed by atoms with Gasteiger partial charge in [-0.3, -0.25) is 4.79 Å².